The zero-order valence-corrected chi connectivity index (χ0v) is 11.7. The molecule has 1 unspecified atom stereocenters. The van der Waals surface area contributed by atoms with Crippen LogP contribution in [-0.2, 0) is 18.0 Å². The molecule has 5 nitrogen and oxygen atoms in total. The molecule has 0 fully saturated rings. The van der Waals surface area contributed by atoms with Gasteiger partial charge < -0.3 is 23.1 Å². The van der Waals surface area contributed by atoms with E-state index in [0.717, 1.165) is 12.5 Å². The predicted molar refractivity (Wildman–Crippen MR) is 63.3 cm³/mol. The number of aliphatic hydroxyl groups excluding tert-OH is 1. The summed E-state index contributed by atoms with van der Waals surface area (Å²) in [4.78, 5) is 0. The maximum atomic E-state index is 9.00. The van der Waals surface area contributed by atoms with Gasteiger partial charge in [0.25, 0.3) is 0 Å². The van der Waals surface area contributed by atoms with Crippen LogP contribution in [0, 0.1) is 0 Å². The van der Waals surface area contributed by atoms with Crippen molar-refractivity contribution in [3.05, 3.63) is 0 Å². The fourth-order valence-electron chi connectivity index (χ4n) is 1.34. The van der Waals surface area contributed by atoms with Gasteiger partial charge in [-0.3, -0.25) is 0 Å². The standard InChI is InChI=1S/C10H24O5Si/c1-5-15-16(12-3,13-4)8-6-7-14-9-10(2)11/h10-11H,5-9H2,1-4H3. The number of aliphatic hydroxyl groups is 1. The van der Waals surface area contributed by atoms with Gasteiger partial charge in [0.05, 0.1) is 12.7 Å². The fraction of sp³-hybridized carbons (Fsp3) is 1.00. The molecule has 1 N–H and O–H groups in total. The summed E-state index contributed by atoms with van der Waals surface area (Å²) < 4.78 is 21.5. The monoisotopic (exact) mass is 252 g/mol. The minimum Gasteiger partial charge on any atom is -0.391 e. The Morgan fingerprint density at radius 2 is 1.88 bits per heavy atom. The largest absolute Gasteiger partial charge is 0.500 e. The summed E-state index contributed by atoms with van der Waals surface area (Å²) in [6, 6.07) is 0.730. The third-order valence-corrected chi connectivity index (χ3v) is 5.06. The van der Waals surface area contributed by atoms with E-state index in [1.165, 1.54) is 0 Å². The van der Waals surface area contributed by atoms with Gasteiger partial charge in [-0.1, -0.05) is 0 Å². The maximum absolute atomic E-state index is 9.00. The number of hydrogen-bond donors (Lipinski definition) is 1. The third-order valence-electron chi connectivity index (χ3n) is 2.12. The quantitative estimate of drug-likeness (QED) is 0.465. The molecular formula is C10H24O5Si. The lowest BCUT2D eigenvalue weighted by atomic mass is 10.4. The molecule has 0 aromatic rings. The smallest absolute Gasteiger partial charge is 0.391 e. The second-order valence-corrected chi connectivity index (χ2v) is 6.52. The molecule has 0 rings (SSSR count). The van der Waals surface area contributed by atoms with E-state index in [1.807, 2.05) is 6.92 Å². The SMILES string of the molecule is CCO[Si](CCCOCC(C)O)(OC)OC. The molecule has 0 bridgehead atoms. The molecule has 0 saturated heterocycles. The molecule has 1 atom stereocenters. The molecule has 0 aromatic heterocycles. The summed E-state index contributed by atoms with van der Waals surface area (Å²) in [5.74, 6) is 0. The van der Waals surface area contributed by atoms with Gasteiger partial charge in [-0.15, -0.1) is 0 Å². The van der Waals surface area contributed by atoms with Crippen LogP contribution in [0.3, 0.4) is 0 Å². The first-order valence-corrected chi connectivity index (χ1v) is 7.53. The van der Waals surface area contributed by atoms with Crippen molar-refractivity contribution >= 4 is 8.80 Å². The van der Waals surface area contributed by atoms with E-state index in [2.05, 4.69) is 0 Å². The fourth-order valence-corrected chi connectivity index (χ4v) is 3.31. The average molecular weight is 252 g/mol. The van der Waals surface area contributed by atoms with E-state index >= 15 is 0 Å². The van der Waals surface area contributed by atoms with E-state index < -0.39 is 14.9 Å². The molecule has 0 spiro atoms. The molecule has 0 heterocycles. The highest BCUT2D eigenvalue weighted by Crippen LogP contribution is 2.15. The van der Waals surface area contributed by atoms with Crippen molar-refractivity contribution in [2.45, 2.75) is 32.4 Å². The van der Waals surface area contributed by atoms with Crippen molar-refractivity contribution in [2.75, 3.05) is 34.0 Å². The van der Waals surface area contributed by atoms with Crippen LogP contribution in [0.5, 0.6) is 0 Å². The van der Waals surface area contributed by atoms with E-state index in [1.54, 1.807) is 21.1 Å². The van der Waals surface area contributed by atoms with Gasteiger partial charge in [-0.2, -0.15) is 0 Å². The van der Waals surface area contributed by atoms with Crippen LogP contribution >= 0.6 is 0 Å². The molecule has 0 aliphatic carbocycles. The number of hydrogen-bond acceptors (Lipinski definition) is 5. The highest BCUT2D eigenvalue weighted by molar-refractivity contribution is 6.60. The highest BCUT2D eigenvalue weighted by Gasteiger charge is 2.37. The van der Waals surface area contributed by atoms with Gasteiger partial charge in [0, 0.05) is 33.5 Å². The second-order valence-electron chi connectivity index (χ2n) is 3.55. The molecule has 0 aliphatic rings. The van der Waals surface area contributed by atoms with Gasteiger partial charge >= 0.3 is 8.80 Å². The molecule has 0 aromatic carbocycles. The Bertz CT molecular complexity index is 161. The van der Waals surface area contributed by atoms with Gasteiger partial charge in [-0.05, 0) is 20.3 Å². The lowest BCUT2D eigenvalue weighted by molar-refractivity contribution is 0.0433. The Hall–Kier alpha value is 0.0169. The molecular weight excluding hydrogens is 228 g/mol. The van der Waals surface area contributed by atoms with Gasteiger partial charge in [0.1, 0.15) is 0 Å². The minimum atomic E-state index is -2.46. The molecule has 0 saturated carbocycles. The third kappa shape index (κ3) is 6.57. The maximum Gasteiger partial charge on any atom is 0.500 e. The van der Waals surface area contributed by atoms with Crippen molar-refractivity contribution < 1.29 is 23.1 Å². The topological polar surface area (TPSA) is 57.2 Å². The van der Waals surface area contributed by atoms with Crippen molar-refractivity contribution in [3.63, 3.8) is 0 Å². The molecule has 16 heavy (non-hydrogen) atoms. The van der Waals surface area contributed by atoms with Crippen molar-refractivity contribution in [2.24, 2.45) is 0 Å². The zero-order chi connectivity index (χ0) is 12.4. The van der Waals surface area contributed by atoms with E-state index in [4.69, 9.17) is 23.1 Å². The van der Waals surface area contributed by atoms with Crippen LogP contribution in [-0.4, -0.2) is 54.1 Å². The average Bonchev–Trinajstić information content (AvgIpc) is 2.27. The summed E-state index contributed by atoms with van der Waals surface area (Å²) >= 11 is 0. The first kappa shape index (κ1) is 16.0. The Labute approximate surface area is 99.0 Å². The van der Waals surface area contributed by atoms with Crippen LogP contribution in [0.15, 0.2) is 0 Å². The lowest BCUT2D eigenvalue weighted by Crippen LogP contribution is -2.44. The minimum absolute atomic E-state index is 0.364. The van der Waals surface area contributed by atoms with Crippen molar-refractivity contribution in [1.29, 1.82) is 0 Å². The van der Waals surface area contributed by atoms with Crippen molar-refractivity contribution in [3.8, 4) is 0 Å². The Kier molecular flexibility index (Phi) is 9.10. The first-order valence-electron chi connectivity index (χ1n) is 5.60. The Balaban J connectivity index is 3.75. The highest BCUT2D eigenvalue weighted by atomic mass is 28.4. The van der Waals surface area contributed by atoms with Crippen molar-refractivity contribution in [1.82, 2.24) is 0 Å². The van der Waals surface area contributed by atoms with Crippen LogP contribution in [0.25, 0.3) is 0 Å². The van der Waals surface area contributed by atoms with Gasteiger partial charge in [-0.25, -0.2) is 0 Å². The number of ether oxygens (including phenoxy) is 1. The Morgan fingerprint density at radius 3 is 2.31 bits per heavy atom. The normalized spacial score (nSPS) is 14.1. The molecule has 6 heteroatoms. The summed E-state index contributed by atoms with van der Waals surface area (Å²) in [5, 5.41) is 9.00. The van der Waals surface area contributed by atoms with Crippen LogP contribution in [0.2, 0.25) is 6.04 Å². The van der Waals surface area contributed by atoms with Gasteiger partial charge in [0.2, 0.25) is 0 Å². The van der Waals surface area contributed by atoms with Crippen LogP contribution in [0.1, 0.15) is 20.3 Å². The molecule has 98 valence electrons. The number of rotatable bonds is 10. The van der Waals surface area contributed by atoms with Crippen LogP contribution in [0.4, 0.5) is 0 Å². The lowest BCUT2D eigenvalue weighted by Gasteiger charge is -2.25. The molecule has 0 aliphatic heterocycles. The molecule has 0 amide bonds. The Morgan fingerprint density at radius 1 is 1.25 bits per heavy atom. The summed E-state index contributed by atoms with van der Waals surface area (Å²) in [5.41, 5.74) is 0. The second kappa shape index (κ2) is 9.09. The van der Waals surface area contributed by atoms with E-state index in [0.29, 0.717) is 19.8 Å². The van der Waals surface area contributed by atoms with E-state index in [-0.39, 0.29) is 0 Å². The van der Waals surface area contributed by atoms with E-state index in [9.17, 15) is 0 Å². The van der Waals surface area contributed by atoms with Gasteiger partial charge in [0.15, 0.2) is 0 Å². The summed E-state index contributed by atoms with van der Waals surface area (Å²) in [7, 11) is 0.763. The predicted octanol–water partition coefficient (Wildman–Crippen LogP) is 1.04. The molecule has 0 radical (unpaired) electrons. The van der Waals surface area contributed by atoms with Crippen LogP contribution < -0.4 is 0 Å². The zero-order valence-electron chi connectivity index (χ0n) is 10.7. The summed E-state index contributed by atoms with van der Waals surface area (Å²) in [6.45, 7) is 5.15. The first-order chi connectivity index (χ1) is 7.60. The summed E-state index contributed by atoms with van der Waals surface area (Å²) in [6.07, 6.45) is 0.388.